The SMILES string of the molecule is CCn1cc(CC(C)(C)OCCC(C)(C)NC)nn1. The molecule has 19 heavy (non-hydrogen) atoms. The first-order chi connectivity index (χ1) is 8.78. The number of hydrogen-bond acceptors (Lipinski definition) is 4. The van der Waals surface area contributed by atoms with Crippen molar-refractivity contribution < 1.29 is 4.74 Å². The number of nitrogens with zero attached hydrogens (tertiary/aromatic N) is 3. The zero-order valence-corrected chi connectivity index (χ0v) is 13.2. The predicted octanol–water partition coefficient (Wildman–Crippen LogP) is 2.02. The molecule has 0 aliphatic heterocycles. The van der Waals surface area contributed by atoms with Gasteiger partial charge in [0.1, 0.15) is 0 Å². The molecule has 1 heterocycles. The van der Waals surface area contributed by atoms with E-state index in [0.717, 1.165) is 31.7 Å². The van der Waals surface area contributed by atoms with Gasteiger partial charge in [-0.3, -0.25) is 4.68 Å². The normalized spacial score (nSPS) is 12.9. The standard InChI is InChI=1S/C14H28N4O/c1-7-18-11-12(16-17-18)10-14(4,5)19-9-8-13(2,3)15-6/h11,15H,7-10H2,1-6H3. The largest absolute Gasteiger partial charge is 0.375 e. The van der Waals surface area contributed by atoms with Crippen LogP contribution in [0.4, 0.5) is 0 Å². The molecule has 0 aliphatic carbocycles. The van der Waals surface area contributed by atoms with E-state index in [0.29, 0.717) is 0 Å². The van der Waals surface area contributed by atoms with E-state index in [1.165, 1.54) is 0 Å². The maximum atomic E-state index is 6.00. The van der Waals surface area contributed by atoms with Gasteiger partial charge in [0.05, 0.1) is 11.3 Å². The Balaban J connectivity index is 2.43. The molecule has 0 radical (unpaired) electrons. The summed E-state index contributed by atoms with van der Waals surface area (Å²) in [6.07, 6.45) is 3.75. The molecule has 1 aromatic rings. The van der Waals surface area contributed by atoms with Gasteiger partial charge in [0.25, 0.3) is 0 Å². The fourth-order valence-corrected chi connectivity index (χ4v) is 1.77. The summed E-state index contributed by atoms with van der Waals surface area (Å²) in [6.45, 7) is 12.2. The van der Waals surface area contributed by atoms with Gasteiger partial charge in [-0.15, -0.1) is 5.10 Å². The van der Waals surface area contributed by atoms with Crippen molar-refractivity contribution in [3.8, 4) is 0 Å². The molecular weight excluding hydrogens is 240 g/mol. The highest BCUT2D eigenvalue weighted by molar-refractivity contribution is 4.97. The van der Waals surface area contributed by atoms with Crippen LogP contribution in [-0.4, -0.2) is 39.8 Å². The van der Waals surface area contributed by atoms with Crippen LogP contribution in [0, 0.1) is 0 Å². The van der Waals surface area contributed by atoms with Gasteiger partial charge in [0.2, 0.25) is 0 Å². The minimum absolute atomic E-state index is 0.113. The van der Waals surface area contributed by atoms with Crippen molar-refractivity contribution in [1.29, 1.82) is 0 Å². The number of aryl methyl sites for hydroxylation is 1. The van der Waals surface area contributed by atoms with Gasteiger partial charge >= 0.3 is 0 Å². The van der Waals surface area contributed by atoms with Crippen LogP contribution in [0.25, 0.3) is 0 Å². The number of ether oxygens (including phenoxy) is 1. The molecule has 0 saturated heterocycles. The zero-order valence-electron chi connectivity index (χ0n) is 13.2. The first-order valence-electron chi connectivity index (χ1n) is 7.00. The smallest absolute Gasteiger partial charge is 0.0855 e. The summed E-state index contributed by atoms with van der Waals surface area (Å²) >= 11 is 0. The van der Waals surface area contributed by atoms with E-state index < -0.39 is 0 Å². The van der Waals surface area contributed by atoms with E-state index in [4.69, 9.17) is 4.74 Å². The van der Waals surface area contributed by atoms with Gasteiger partial charge in [0.15, 0.2) is 0 Å². The highest BCUT2D eigenvalue weighted by Crippen LogP contribution is 2.17. The molecule has 0 aromatic carbocycles. The molecule has 5 heteroatoms. The summed E-state index contributed by atoms with van der Waals surface area (Å²) in [5, 5.41) is 11.5. The van der Waals surface area contributed by atoms with Crippen LogP contribution < -0.4 is 5.32 Å². The topological polar surface area (TPSA) is 52.0 Å². The number of aromatic nitrogens is 3. The molecule has 1 rings (SSSR count). The van der Waals surface area contributed by atoms with Crippen LogP contribution in [0.5, 0.6) is 0 Å². The van der Waals surface area contributed by atoms with Gasteiger partial charge in [-0.05, 0) is 48.1 Å². The van der Waals surface area contributed by atoms with Crippen molar-refractivity contribution in [1.82, 2.24) is 20.3 Å². The minimum atomic E-state index is -0.210. The molecule has 110 valence electrons. The lowest BCUT2D eigenvalue weighted by atomic mass is 10.0. The molecule has 0 saturated carbocycles. The molecule has 5 nitrogen and oxygen atoms in total. The van der Waals surface area contributed by atoms with E-state index in [1.54, 1.807) is 0 Å². The van der Waals surface area contributed by atoms with Gasteiger partial charge < -0.3 is 10.1 Å². The van der Waals surface area contributed by atoms with Gasteiger partial charge in [-0.2, -0.15) is 0 Å². The van der Waals surface area contributed by atoms with Crippen molar-refractivity contribution in [2.24, 2.45) is 0 Å². The fourth-order valence-electron chi connectivity index (χ4n) is 1.77. The van der Waals surface area contributed by atoms with E-state index in [-0.39, 0.29) is 11.1 Å². The monoisotopic (exact) mass is 268 g/mol. The van der Waals surface area contributed by atoms with Crippen molar-refractivity contribution in [3.63, 3.8) is 0 Å². The van der Waals surface area contributed by atoms with E-state index in [2.05, 4.69) is 50.2 Å². The minimum Gasteiger partial charge on any atom is -0.375 e. The third-order valence-electron chi connectivity index (χ3n) is 3.41. The third kappa shape index (κ3) is 5.70. The Labute approximate surface area is 116 Å². The third-order valence-corrected chi connectivity index (χ3v) is 3.41. The summed E-state index contributed by atoms with van der Waals surface area (Å²) < 4.78 is 7.84. The summed E-state index contributed by atoms with van der Waals surface area (Å²) in [4.78, 5) is 0. The molecule has 0 fully saturated rings. The molecule has 0 aliphatic rings. The second-order valence-electron chi connectivity index (χ2n) is 6.23. The Hall–Kier alpha value is -0.940. The van der Waals surface area contributed by atoms with E-state index >= 15 is 0 Å². The Bertz CT molecular complexity index is 385. The molecule has 1 aromatic heterocycles. The lowest BCUT2D eigenvalue weighted by molar-refractivity contribution is -0.0250. The maximum Gasteiger partial charge on any atom is 0.0855 e. The highest BCUT2D eigenvalue weighted by atomic mass is 16.5. The van der Waals surface area contributed by atoms with E-state index in [1.807, 2.05) is 17.9 Å². The maximum absolute atomic E-state index is 6.00. The Kier molecular flexibility index (Phi) is 5.50. The lowest BCUT2D eigenvalue weighted by Crippen LogP contribution is -2.38. The zero-order chi connectivity index (χ0) is 14.5. The first-order valence-corrected chi connectivity index (χ1v) is 7.00. The van der Waals surface area contributed by atoms with Gasteiger partial charge in [0, 0.05) is 31.3 Å². The average molecular weight is 268 g/mol. The average Bonchev–Trinajstić information content (AvgIpc) is 2.75. The highest BCUT2D eigenvalue weighted by Gasteiger charge is 2.23. The summed E-state index contributed by atoms with van der Waals surface area (Å²) in [5.41, 5.74) is 0.888. The summed E-state index contributed by atoms with van der Waals surface area (Å²) in [5.74, 6) is 0. The summed E-state index contributed by atoms with van der Waals surface area (Å²) in [7, 11) is 1.98. The second-order valence-corrected chi connectivity index (χ2v) is 6.23. The van der Waals surface area contributed by atoms with Crippen LogP contribution >= 0.6 is 0 Å². The molecule has 0 spiro atoms. The quantitative estimate of drug-likeness (QED) is 0.784. The Morgan fingerprint density at radius 3 is 2.53 bits per heavy atom. The van der Waals surface area contributed by atoms with Gasteiger partial charge in [-0.25, -0.2) is 0 Å². The Morgan fingerprint density at radius 2 is 2.00 bits per heavy atom. The lowest BCUT2D eigenvalue weighted by Gasteiger charge is -2.28. The molecule has 1 N–H and O–H groups in total. The van der Waals surface area contributed by atoms with Crippen molar-refractivity contribution in [3.05, 3.63) is 11.9 Å². The molecule has 0 atom stereocenters. The van der Waals surface area contributed by atoms with Crippen LogP contribution in [0.1, 0.15) is 46.7 Å². The first kappa shape index (κ1) is 16.1. The molecule has 0 bridgehead atoms. The Morgan fingerprint density at radius 1 is 1.32 bits per heavy atom. The fraction of sp³-hybridized carbons (Fsp3) is 0.857. The summed E-state index contributed by atoms with van der Waals surface area (Å²) in [6, 6.07) is 0. The van der Waals surface area contributed by atoms with E-state index in [9.17, 15) is 0 Å². The van der Waals surface area contributed by atoms with Crippen molar-refractivity contribution in [2.45, 2.75) is 65.1 Å². The van der Waals surface area contributed by atoms with Gasteiger partial charge in [-0.1, -0.05) is 5.21 Å². The van der Waals surface area contributed by atoms with Crippen LogP contribution in [0.3, 0.4) is 0 Å². The number of rotatable bonds is 8. The molecular formula is C14H28N4O. The van der Waals surface area contributed by atoms with Crippen LogP contribution in [0.15, 0.2) is 6.20 Å². The van der Waals surface area contributed by atoms with Crippen LogP contribution in [-0.2, 0) is 17.7 Å². The van der Waals surface area contributed by atoms with Crippen molar-refractivity contribution >= 4 is 0 Å². The molecule has 0 amide bonds. The predicted molar refractivity (Wildman–Crippen MR) is 77.2 cm³/mol. The number of hydrogen-bond donors (Lipinski definition) is 1. The molecule has 0 unspecified atom stereocenters. The second kappa shape index (κ2) is 6.48. The van der Waals surface area contributed by atoms with Crippen molar-refractivity contribution in [2.75, 3.05) is 13.7 Å². The van der Waals surface area contributed by atoms with Crippen LogP contribution in [0.2, 0.25) is 0 Å². The number of nitrogens with one attached hydrogen (secondary N) is 1.